The maximum atomic E-state index is 13.4. The highest BCUT2D eigenvalue weighted by Gasteiger charge is 2.14. The molecule has 0 saturated carbocycles. The summed E-state index contributed by atoms with van der Waals surface area (Å²) in [6, 6.07) is 11.7. The second-order valence-electron chi connectivity index (χ2n) is 4.25. The molecule has 2 aromatic rings. The van der Waals surface area contributed by atoms with Gasteiger partial charge in [-0.1, -0.05) is 29.9 Å². The molecule has 2 N–H and O–H groups in total. The van der Waals surface area contributed by atoms with Crippen molar-refractivity contribution in [3.63, 3.8) is 0 Å². The number of hydrogen-bond acceptors (Lipinski definition) is 2. The van der Waals surface area contributed by atoms with Crippen LogP contribution in [0.15, 0.2) is 42.5 Å². The van der Waals surface area contributed by atoms with Gasteiger partial charge in [0.1, 0.15) is 10.8 Å². The Labute approximate surface area is 128 Å². The first-order valence-corrected chi connectivity index (χ1v) is 6.94. The van der Waals surface area contributed by atoms with Crippen LogP contribution in [0.5, 0.6) is 0 Å². The lowest BCUT2D eigenvalue weighted by Gasteiger charge is -2.25. The largest absolute Gasteiger partial charge is 0.389 e. The zero-order chi connectivity index (χ0) is 14.7. The van der Waals surface area contributed by atoms with Crippen molar-refractivity contribution in [1.29, 1.82) is 0 Å². The zero-order valence-corrected chi connectivity index (χ0v) is 12.5. The number of rotatable bonds is 4. The smallest absolute Gasteiger partial charge is 0.125 e. The van der Waals surface area contributed by atoms with Gasteiger partial charge in [0.05, 0.1) is 5.69 Å². The molecule has 0 aliphatic carbocycles. The maximum absolute atomic E-state index is 13.4. The van der Waals surface area contributed by atoms with Crippen LogP contribution in [0.3, 0.4) is 0 Å². The van der Waals surface area contributed by atoms with Crippen LogP contribution in [-0.2, 0) is 0 Å². The maximum Gasteiger partial charge on any atom is 0.125 e. The first-order valence-electron chi connectivity index (χ1n) is 6.15. The van der Waals surface area contributed by atoms with Crippen LogP contribution in [0.4, 0.5) is 15.8 Å². The van der Waals surface area contributed by atoms with Gasteiger partial charge < -0.3 is 10.6 Å². The molecular formula is C15H14ClFN2S. The third kappa shape index (κ3) is 3.08. The van der Waals surface area contributed by atoms with E-state index in [1.165, 1.54) is 12.1 Å². The topological polar surface area (TPSA) is 29.3 Å². The van der Waals surface area contributed by atoms with Crippen molar-refractivity contribution < 1.29 is 4.39 Å². The molecule has 2 aromatic carbocycles. The molecule has 5 heteroatoms. The first kappa shape index (κ1) is 14.8. The number of nitrogens with two attached hydrogens (primary N) is 1. The molecule has 0 fully saturated rings. The van der Waals surface area contributed by atoms with Gasteiger partial charge in [-0.25, -0.2) is 4.39 Å². The Balaban J connectivity index is 2.55. The predicted molar refractivity (Wildman–Crippen MR) is 86.4 cm³/mol. The fourth-order valence-corrected chi connectivity index (χ4v) is 2.41. The van der Waals surface area contributed by atoms with Crippen LogP contribution in [-0.4, -0.2) is 11.5 Å². The summed E-state index contributed by atoms with van der Waals surface area (Å²) in [6.45, 7) is 2.63. The summed E-state index contributed by atoms with van der Waals surface area (Å²) in [7, 11) is 0. The highest BCUT2D eigenvalue weighted by Crippen LogP contribution is 2.30. The Kier molecular flexibility index (Phi) is 4.57. The van der Waals surface area contributed by atoms with Crippen molar-refractivity contribution in [2.24, 2.45) is 5.73 Å². The average Bonchev–Trinajstić information content (AvgIpc) is 2.41. The number of hydrogen-bond donors (Lipinski definition) is 1. The highest BCUT2D eigenvalue weighted by atomic mass is 35.5. The SMILES string of the molecule is CCN(c1cccc(F)c1)c1ccc(Cl)cc1C(N)=S. The van der Waals surface area contributed by atoms with Crippen molar-refractivity contribution in [2.75, 3.05) is 11.4 Å². The van der Waals surface area contributed by atoms with Crippen LogP contribution >= 0.6 is 23.8 Å². The van der Waals surface area contributed by atoms with Gasteiger partial charge in [0.15, 0.2) is 0 Å². The summed E-state index contributed by atoms with van der Waals surface area (Å²) in [4.78, 5) is 2.20. The van der Waals surface area contributed by atoms with Gasteiger partial charge in [-0.15, -0.1) is 0 Å². The molecule has 0 aromatic heterocycles. The number of nitrogens with zero attached hydrogens (tertiary/aromatic N) is 1. The minimum absolute atomic E-state index is 0.261. The van der Waals surface area contributed by atoms with Crippen LogP contribution in [0.25, 0.3) is 0 Å². The standard InChI is InChI=1S/C15H14ClFN2S/c1-2-19(12-5-3-4-11(17)9-12)14-7-6-10(16)8-13(14)15(18)20/h3-9H,2H2,1H3,(H2,18,20). The van der Waals surface area contributed by atoms with Gasteiger partial charge in [0.2, 0.25) is 0 Å². The Morgan fingerprint density at radius 1 is 1.30 bits per heavy atom. The quantitative estimate of drug-likeness (QED) is 0.855. The van der Waals surface area contributed by atoms with Crippen molar-refractivity contribution in [2.45, 2.75) is 6.92 Å². The third-order valence-electron chi connectivity index (χ3n) is 2.95. The lowest BCUT2D eigenvalue weighted by atomic mass is 10.1. The first-order chi connectivity index (χ1) is 9.52. The molecular weight excluding hydrogens is 295 g/mol. The van der Waals surface area contributed by atoms with Crippen LogP contribution in [0.2, 0.25) is 5.02 Å². The minimum Gasteiger partial charge on any atom is -0.389 e. The van der Waals surface area contributed by atoms with E-state index < -0.39 is 0 Å². The summed E-state index contributed by atoms with van der Waals surface area (Å²) >= 11 is 11.1. The number of anilines is 2. The van der Waals surface area contributed by atoms with E-state index in [4.69, 9.17) is 29.6 Å². The van der Waals surface area contributed by atoms with Crippen LogP contribution in [0.1, 0.15) is 12.5 Å². The van der Waals surface area contributed by atoms with Crippen molar-refractivity contribution in [3.8, 4) is 0 Å². The summed E-state index contributed by atoms with van der Waals surface area (Å²) in [5.74, 6) is -0.285. The average molecular weight is 309 g/mol. The fourth-order valence-electron chi connectivity index (χ4n) is 2.08. The zero-order valence-electron chi connectivity index (χ0n) is 10.9. The monoisotopic (exact) mass is 308 g/mol. The Morgan fingerprint density at radius 2 is 2.05 bits per heavy atom. The molecule has 0 atom stereocenters. The number of benzene rings is 2. The lowest BCUT2D eigenvalue weighted by molar-refractivity contribution is 0.627. The molecule has 2 nitrogen and oxygen atoms in total. The molecule has 0 spiro atoms. The van der Waals surface area contributed by atoms with Crippen molar-refractivity contribution >= 4 is 40.2 Å². The molecule has 0 unspecified atom stereocenters. The number of halogens is 2. The molecule has 0 radical (unpaired) electrons. The van der Waals surface area contributed by atoms with Gasteiger partial charge in [-0.2, -0.15) is 0 Å². The van der Waals surface area contributed by atoms with Gasteiger partial charge >= 0.3 is 0 Å². The van der Waals surface area contributed by atoms with Gasteiger partial charge in [-0.3, -0.25) is 0 Å². The molecule has 0 saturated heterocycles. The summed E-state index contributed by atoms with van der Waals surface area (Å²) in [5, 5.41) is 0.562. The lowest BCUT2D eigenvalue weighted by Crippen LogP contribution is -2.21. The molecule has 0 bridgehead atoms. The Hall–Kier alpha value is -1.65. The Bertz CT molecular complexity index is 646. The van der Waals surface area contributed by atoms with E-state index >= 15 is 0 Å². The molecule has 2 rings (SSSR count). The van der Waals surface area contributed by atoms with E-state index in [-0.39, 0.29) is 10.8 Å². The van der Waals surface area contributed by atoms with E-state index in [1.54, 1.807) is 18.2 Å². The van der Waals surface area contributed by atoms with Crippen molar-refractivity contribution in [1.82, 2.24) is 0 Å². The highest BCUT2D eigenvalue weighted by molar-refractivity contribution is 7.80. The Morgan fingerprint density at radius 3 is 2.65 bits per heavy atom. The van der Waals surface area contributed by atoms with Crippen LogP contribution in [0, 0.1) is 5.82 Å². The van der Waals surface area contributed by atoms with E-state index in [1.807, 2.05) is 24.0 Å². The molecule has 104 valence electrons. The molecule has 20 heavy (non-hydrogen) atoms. The molecule has 0 amide bonds. The number of thiocarbonyl (C=S) groups is 1. The van der Waals surface area contributed by atoms with E-state index in [2.05, 4.69) is 0 Å². The van der Waals surface area contributed by atoms with E-state index in [0.717, 1.165) is 11.4 Å². The molecule has 0 aliphatic heterocycles. The van der Waals surface area contributed by atoms with E-state index in [9.17, 15) is 4.39 Å². The minimum atomic E-state index is -0.285. The summed E-state index contributed by atoms with van der Waals surface area (Å²) < 4.78 is 13.4. The van der Waals surface area contributed by atoms with Crippen molar-refractivity contribution in [3.05, 3.63) is 58.9 Å². The fraction of sp³-hybridized carbons (Fsp3) is 0.133. The normalized spacial score (nSPS) is 10.3. The summed E-state index contributed by atoms with van der Waals surface area (Å²) in [6.07, 6.45) is 0. The second-order valence-corrected chi connectivity index (χ2v) is 5.13. The third-order valence-corrected chi connectivity index (χ3v) is 3.41. The second kappa shape index (κ2) is 6.20. The van der Waals surface area contributed by atoms with Gasteiger partial charge in [-0.05, 0) is 43.3 Å². The van der Waals surface area contributed by atoms with Gasteiger partial charge in [0.25, 0.3) is 0 Å². The van der Waals surface area contributed by atoms with Crippen LogP contribution < -0.4 is 10.6 Å². The summed E-state index contributed by atoms with van der Waals surface area (Å²) in [5.41, 5.74) is 7.99. The van der Waals surface area contributed by atoms with Gasteiger partial charge in [0, 0.05) is 22.8 Å². The molecule has 0 aliphatic rings. The molecule has 0 heterocycles. The predicted octanol–water partition coefficient (Wildman–Crippen LogP) is 4.27. The van der Waals surface area contributed by atoms with E-state index in [0.29, 0.717) is 17.1 Å².